The summed E-state index contributed by atoms with van der Waals surface area (Å²) >= 11 is 0. The third-order valence-electron chi connectivity index (χ3n) is 2.95. The van der Waals surface area contributed by atoms with Gasteiger partial charge in [0, 0.05) is 6.54 Å². The Bertz CT molecular complexity index is 508. The fraction of sp³-hybridized carbons (Fsp3) is 0.500. The number of rotatable bonds is 4. The van der Waals surface area contributed by atoms with Crippen molar-refractivity contribution in [1.29, 1.82) is 0 Å². The van der Waals surface area contributed by atoms with E-state index in [1.165, 1.54) is 5.56 Å². The summed E-state index contributed by atoms with van der Waals surface area (Å²) in [5.41, 5.74) is 2.38. The zero-order valence-corrected chi connectivity index (χ0v) is 10.6. The van der Waals surface area contributed by atoms with Crippen molar-refractivity contribution in [2.75, 3.05) is 6.54 Å². The fourth-order valence-corrected chi connectivity index (χ4v) is 3.20. The van der Waals surface area contributed by atoms with Gasteiger partial charge in [0.25, 0.3) is 0 Å². The van der Waals surface area contributed by atoms with Crippen molar-refractivity contribution >= 4 is 10.0 Å². The highest BCUT2D eigenvalue weighted by Gasteiger charge is 2.18. The summed E-state index contributed by atoms with van der Waals surface area (Å²) in [6, 6.07) is 5.26. The Labute approximate surface area is 102 Å². The van der Waals surface area contributed by atoms with Crippen LogP contribution in [0.15, 0.2) is 23.1 Å². The van der Waals surface area contributed by atoms with Crippen molar-refractivity contribution in [3.63, 3.8) is 0 Å². The van der Waals surface area contributed by atoms with E-state index in [9.17, 15) is 8.42 Å². The summed E-state index contributed by atoms with van der Waals surface area (Å²) in [6.45, 7) is 1.59. The Hall–Kier alpha value is -0.910. The molecule has 0 aliphatic heterocycles. The van der Waals surface area contributed by atoms with Crippen molar-refractivity contribution in [2.24, 2.45) is 0 Å². The second-order valence-corrected chi connectivity index (χ2v) is 6.25. The number of nitrogens with one attached hydrogen (secondary N) is 1. The van der Waals surface area contributed by atoms with Crippen LogP contribution in [0, 0.1) is 0 Å². The largest absolute Gasteiger partial charge is 0.392 e. The van der Waals surface area contributed by atoms with E-state index in [1.807, 2.05) is 6.07 Å². The third kappa shape index (κ3) is 2.86. The Morgan fingerprint density at radius 3 is 2.76 bits per heavy atom. The first-order valence-electron chi connectivity index (χ1n) is 5.78. The predicted octanol–water partition coefficient (Wildman–Crippen LogP) is 0.834. The van der Waals surface area contributed by atoms with E-state index in [0.29, 0.717) is 4.90 Å². The number of fused-ring (bicyclic) bond motifs is 1. The molecular weight excluding hydrogens is 238 g/mol. The molecule has 2 N–H and O–H groups in total. The van der Waals surface area contributed by atoms with E-state index in [-0.39, 0.29) is 6.54 Å². The van der Waals surface area contributed by atoms with Crippen LogP contribution in [-0.2, 0) is 22.9 Å². The van der Waals surface area contributed by atoms with Crippen LogP contribution in [0.5, 0.6) is 0 Å². The van der Waals surface area contributed by atoms with Crippen LogP contribution in [0.4, 0.5) is 0 Å². The van der Waals surface area contributed by atoms with Gasteiger partial charge in [-0.15, -0.1) is 0 Å². The lowest BCUT2D eigenvalue weighted by Gasteiger charge is -2.09. The zero-order valence-electron chi connectivity index (χ0n) is 9.81. The van der Waals surface area contributed by atoms with E-state index in [1.54, 1.807) is 19.1 Å². The maximum Gasteiger partial charge on any atom is 0.240 e. The lowest BCUT2D eigenvalue weighted by Crippen LogP contribution is -2.30. The van der Waals surface area contributed by atoms with Crippen molar-refractivity contribution in [3.05, 3.63) is 29.3 Å². The molecule has 0 saturated carbocycles. The molecule has 17 heavy (non-hydrogen) atoms. The number of hydrogen-bond donors (Lipinski definition) is 2. The monoisotopic (exact) mass is 255 g/mol. The van der Waals surface area contributed by atoms with Crippen LogP contribution in [0.1, 0.15) is 24.5 Å². The number of aliphatic hydroxyl groups is 1. The molecule has 0 amide bonds. The van der Waals surface area contributed by atoms with Crippen LogP contribution in [-0.4, -0.2) is 26.2 Å². The van der Waals surface area contributed by atoms with Crippen molar-refractivity contribution in [1.82, 2.24) is 4.72 Å². The standard InChI is InChI=1S/C12H17NO3S/c1-9(14)8-13-17(15,16)12-6-5-10-3-2-4-11(10)7-12/h5-7,9,13-14H,2-4,8H2,1H3/t9-/m1/s1. The summed E-state index contributed by atoms with van der Waals surface area (Å²) in [5, 5.41) is 9.09. The molecular formula is C12H17NO3S. The first kappa shape index (κ1) is 12.5. The number of benzene rings is 1. The Balaban J connectivity index is 2.22. The van der Waals surface area contributed by atoms with Gasteiger partial charge in [0.15, 0.2) is 0 Å². The minimum atomic E-state index is -3.49. The normalized spacial score (nSPS) is 16.8. The molecule has 4 nitrogen and oxygen atoms in total. The Morgan fingerprint density at radius 1 is 1.35 bits per heavy atom. The second-order valence-electron chi connectivity index (χ2n) is 4.48. The van der Waals surface area contributed by atoms with Gasteiger partial charge in [-0.1, -0.05) is 6.07 Å². The quantitative estimate of drug-likeness (QED) is 0.837. The molecule has 2 rings (SSSR count). The molecule has 5 heteroatoms. The maximum atomic E-state index is 11.9. The molecule has 0 fully saturated rings. The van der Waals surface area contributed by atoms with Gasteiger partial charge in [-0.05, 0) is 49.4 Å². The van der Waals surface area contributed by atoms with E-state index >= 15 is 0 Å². The fourth-order valence-electron chi connectivity index (χ4n) is 2.03. The predicted molar refractivity (Wildman–Crippen MR) is 65.3 cm³/mol. The summed E-state index contributed by atoms with van der Waals surface area (Å²) in [6.07, 6.45) is 2.41. The molecule has 0 unspecified atom stereocenters. The highest BCUT2D eigenvalue weighted by molar-refractivity contribution is 7.89. The lowest BCUT2D eigenvalue weighted by molar-refractivity contribution is 0.198. The van der Waals surface area contributed by atoms with Crippen molar-refractivity contribution < 1.29 is 13.5 Å². The highest BCUT2D eigenvalue weighted by Crippen LogP contribution is 2.24. The summed E-state index contributed by atoms with van der Waals surface area (Å²) in [7, 11) is -3.49. The number of sulfonamides is 1. The molecule has 1 aromatic carbocycles. The molecule has 0 aromatic heterocycles. The smallest absolute Gasteiger partial charge is 0.240 e. The van der Waals surface area contributed by atoms with Crippen LogP contribution in [0.2, 0.25) is 0 Å². The van der Waals surface area contributed by atoms with Crippen LogP contribution in [0.3, 0.4) is 0 Å². The van der Waals surface area contributed by atoms with Gasteiger partial charge < -0.3 is 5.11 Å². The van der Waals surface area contributed by atoms with E-state index in [0.717, 1.165) is 24.8 Å². The van der Waals surface area contributed by atoms with Gasteiger partial charge >= 0.3 is 0 Å². The Morgan fingerprint density at radius 2 is 2.06 bits per heavy atom. The van der Waals surface area contributed by atoms with Crippen LogP contribution >= 0.6 is 0 Å². The molecule has 1 aliphatic carbocycles. The average Bonchev–Trinajstić information content (AvgIpc) is 2.73. The van der Waals surface area contributed by atoms with Crippen LogP contribution in [0.25, 0.3) is 0 Å². The second kappa shape index (κ2) is 4.76. The topological polar surface area (TPSA) is 66.4 Å². The number of aliphatic hydroxyl groups excluding tert-OH is 1. The molecule has 0 saturated heterocycles. The molecule has 1 atom stereocenters. The Kier molecular flexibility index (Phi) is 3.51. The summed E-state index contributed by atoms with van der Waals surface area (Å²) in [4.78, 5) is 0.291. The minimum Gasteiger partial charge on any atom is -0.392 e. The highest BCUT2D eigenvalue weighted by atomic mass is 32.2. The van der Waals surface area contributed by atoms with Crippen molar-refractivity contribution in [3.8, 4) is 0 Å². The molecule has 0 heterocycles. The molecule has 94 valence electrons. The van der Waals surface area contributed by atoms with E-state index in [2.05, 4.69) is 4.72 Å². The molecule has 0 bridgehead atoms. The first-order chi connectivity index (χ1) is 7.99. The molecule has 1 aromatic rings. The van der Waals surface area contributed by atoms with Crippen molar-refractivity contribution in [2.45, 2.75) is 37.2 Å². The molecule has 0 spiro atoms. The summed E-state index contributed by atoms with van der Waals surface area (Å²) in [5.74, 6) is 0. The summed E-state index contributed by atoms with van der Waals surface area (Å²) < 4.78 is 26.2. The SMILES string of the molecule is C[C@@H](O)CNS(=O)(=O)c1ccc2c(c1)CCC2. The zero-order chi connectivity index (χ0) is 12.5. The number of hydrogen-bond acceptors (Lipinski definition) is 3. The number of aryl methyl sites for hydroxylation is 2. The van der Waals surface area contributed by atoms with Gasteiger partial charge in [-0.25, -0.2) is 13.1 Å². The van der Waals surface area contributed by atoms with Gasteiger partial charge in [0.2, 0.25) is 10.0 Å². The average molecular weight is 255 g/mol. The first-order valence-corrected chi connectivity index (χ1v) is 7.27. The van der Waals surface area contributed by atoms with Crippen LogP contribution < -0.4 is 4.72 Å². The van der Waals surface area contributed by atoms with E-state index < -0.39 is 16.1 Å². The van der Waals surface area contributed by atoms with Gasteiger partial charge in [-0.2, -0.15) is 0 Å². The molecule has 1 aliphatic rings. The van der Waals surface area contributed by atoms with Gasteiger partial charge in [-0.3, -0.25) is 0 Å². The van der Waals surface area contributed by atoms with Gasteiger partial charge in [0.05, 0.1) is 11.0 Å². The third-order valence-corrected chi connectivity index (χ3v) is 4.37. The van der Waals surface area contributed by atoms with E-state index in [4.69, 9.17) is 5.11 Å². The molecule has 0 radical (unpaired) electrons. The van der Waals surface area contributed by atoms with Gasteiger partial charge in [0.1, 0.15) is 0 Å². The minimum absolute atomic E-state index is 0.0411. The lowest BCUT2D eigenvalue weighted by atomic mass is 10.1. The maximum absolute atomic E-state index is 11.9.